The highest BCUT2D eigenvalue weighted by Gasteiger charge is 2.26. The van der Waals surface area contributed by atoms with Crippen molar-refractivity contribution in [3.05, 3.63) is 0 Å². The summed E-state index contributed by atoms with van der Waals surface area (Å²) in [5.74, 6) is 0.237. The van der Waals surface area contributed by atoms with Gasteiger partial charge in [-0.15, -0.1) is 0 Å². The first-order valence-corrected chi connectivity index (χ1v) is 5.46. The molecule has 0 amide bonds. The van der Waals surface area contributed by atoms with Gasteiger partial charge < -0.3 is 5.11 Å². The van der Waals surface area contributed by atoms with Crippen LogP contribution in [0.4, 0.5) is 0 Å². The maximum atomic E-state index is 11.6. The fourth-order valence-electron chi connectivity index (χ4n) is 2.09. The molecule has 0 saturated heterocycles. The van der Waals surface area contributed by atoms with Crippen molar-refractivity contribution in [3.8, 4) is 0 Å². The molecule has 0 aromatic carbocycles. The van der Waals surface area contributed by atoms with Crippen LogP contribution in [0.15, 0.2) is 0 Å². The normalized spacial score (nSPS) is 26.9. The molecule has 2 atom stereocenters. The Labute approximate surface area is 80.3 Å². The maximum absolute atomic E-state index is 11.6. The van der Waals surface area contributed by atoms with Crippen LogP contribution in [0.2, 0.25) is 0 Å². The van der Waals surface area contributed by atoms with E-state index in [9.17, 15) is 9.90 Å². The molecule has 0 spiro atoms. The summed E-state index contributed by atoms with van der Waals surface area (Å²) in [7, 11) is 0. The molecular weight excluding hydrogens is 164 g/mol. The van der Waals surface area contributed by atoms with E-state index in [0.717, 1.165) is 38.5 Å². The van der Waals surface area contributed by atoms with Gasteiger partial charge in [-0.2, -0.15) is 0 Å². The Kier molecular flexibility index (Phi) is 4.43. The lowest BCUT2D eigenvalue weighted by atomic mass is 9.90. The van der Waals surface area contributed by atoms with E-state index in [-0.39, 0.29) is 12.0 Å². The van der Waals surface area contributed by atoms with E-state index >= 15 is 0 Å². The second kappa shape index (κ2) is 5.38. The molecule has 2 nitrogen and oxygen atoms in total. The third-order valence-corrected chi connectivity index (χ3v) is 2.90. The predicted octanol–water partition coefficient (Wildman–Crippen LogP) is 2.30. The van der Waals surface area contributed by atoms with Crippen molar-refractivity contribution in [1.29, 1.82) is 0 Å². The van der Waals surface area contributed by atoms with Crippen molar-refractivity contribution in [2.24, 2.45) is 5.92 Å². The predicted molar refractivity (Wildman–Crippen MR) is 52.5 cm³/mol. The lowest BCUT2D eigenvalue weighted by Crippen LogP contribution is -2.27. The fourth-order valence-corrected chi connectivity index (χ4v) is 2.09. The van der Waals surface area contributed by atoms with Crippen molar-refractivity contribution < 1.29 is 9.90 Å². The quantitative estimate of drug-likeness (QED) is 0.683. The SMILES string of the molecule is CCCC(O)C1CCCCCC1=O. The van der Waals surface area contributed by atoms with Crippen LogP contribution in [-0.4, -0.2) is 17.0 Å². The van der Waals surface area contributed by atoms with E-state index < -0.39 is 0 Å². The number of rotatable bonds is 3. The lowest BCUT2D eigenvalue weighted by Gasteiger charge is -2.19. The van der Waals surface area contributed by atoms with Gasteiger partial charge in [0.05, 0.1) is 6.10 Å². The number of ketones is 1. The molecule has 0 heterocycles. The molecule has 13 heavy (non-hydrogen) atoms. The van der Waals surface area contributed by atoms with Crippen LogP contribution in [-0.2, 0) is 4.79 Å². The molecular formula is C11H20O2. The zero-order valence-electron chi connectivity index (χ0n) is 8.46. The molecule has 1 rings (SSSR count). The number of carbonyl (C=O) groups is 1. The molecule has 2 heteroatoms. The van der Waals surface area contributed by atoms with Crippen LogP contribution in [0.25, 0.3) is 0 Å². The molecule has 1 saturated carbocycles. The first kappa shape index (κ1) is 10.7. The Balaban J connectivity index is 2.48. The van der Waals surface area contributed by atoms with E-state index in [1.165, 1.54) is 0 Å². The maximum Gasteiger partial charge on any atom is 0.138 e. The van der Waals surface area contributed by atoms with Gasteiger partial charge in [-0.25, -0.2) is 0 Å². The largest absolute Gasteiger partial charge is 0.392 e. The Morgan fingerprint density at radius 3 is 2.92 bits per heavy atom. The molecule has 0 aliphatic heterocycles. The van der Waals surface area contributed by atoms with E-state index in [1.807, 2.05) is 6.92 Å². The fraction of sp³-hybridized carbons (Fsp3) is 0.909. The van der Waals surface area contributed by atoms with Crippen LogP contribution in [0.5, 0.6) is 0 Å². The number of hydrogen-bond acceptors (Lipinski definition) is 2. The molecule has 0 bridgehead atoms. The van der Waals surface area contributed by atoms with Gasteiger partial charge in [0.25, 0.3) is 0 Å². The van der Waals surface area contributed by atoms with Crippen molar-refractivity contribution >= 4 is 5.78 Å². The zero-order valence-corrected chi connectivity index (χ0v) is 8.46. The summed E-state index contributed by atoms with van der Waals surface area (Å²) < 4.78 is 0. The molecule has 1 fully saturated rings. The van der Waals surface area contributed by atoms with Crippen LogP contribution in [0, 0.1) is 5.92 Å². The number of aliphatic hydroxyl groups excluding tert-OH is 1. The Bertz CT molecular complexity index is 165. The average Bonchev–Trinajstić information content (AvgIpc) is 2.30. The molecule has 76 valence electrons. The minimum Gasteiger partial charge on any atom is -0.392 e. The molecule has 2 unspecified atom stereocenters. The third kappa shape index (κ3) is 3.11. The number of hydrogen-bond donors (Lipinski definition) is 1. The highest BCUT2D eigenvalue weighted by molar-refractivity contribution is 5.81. The first-order valence-electron chi connectivity index (χ1n) is 5.46. The van der Waals surface area contributed by atoms with Crippen molar-refractivity contribution in [2.75, 3.05) is 0 Å². The first-order chi connectivity index (χ1) is 6.25. The smallest absolute Gasteiger partial charge is 0.138 e. The number of carbonyl (C=O) groups excluding carboxylic acids is 1. The highest BCUT2D eigenvalue weighted by Crippen LogP contribution is 2.24. The molecule has 0 radical (unpaired) electrons. The minimum absolute atomic E-state index is 0.0533. The van der Waals surface area contributed by atoms with Gasteiger partial charge in [-0.05, 0) is 19.3 Å². The number of Topliss-reactive ketones (excluding diaryl/α,β-unsaturated/α-hetero) is 1. The minimum atomic E-state index is -0.379. The third-order valence-electron chi connectivity index (χ3n) is 2.90. The van der Waals surface area contributed by atoms with Crippen molar-refractivity contribution in [1.82, 2.24) is 0 Å². The average molecular weight is 184 g/mol. The van der Waals surface area contributed by atoms with Gasteiger partial charge >= 0.3 is 0 Å². The molecule has 0 aromatic rings. The van der Waals surface area contributed by atoms with E-state index in [0.29, 0.717) is 12.2 Å². The van der Waals surface area contributed by atoms with Crippen molar-refractivity contribution in [2.45, 2.75) is 58.0 Å². The van der Waals surface area contributed by atoms with Gasteiger partial charge in [0.1, 0.15) is 5.78 Å². The second-order valence-electron chi connectivity index (χ2n) is 4.03. The van der Waals surface area contributed by atoms with Crippen LogP contribution < -0.4 is 0 Å². The van der Waals surface area contributed by atoms with Crippen LogP contribution in [0.1, 0.15) is 51.9 Å². The standard InChI is InChI=1S/C11H20O2/c1-2-6-10(12)9-7-4-3-5-8-11(9)13/h9-10,12H,2-8H2,1H3. The summed E-state index contributed by atoms with van der Waals surface area (Å²) in [6.45, 7) is 2.05. The van der Waals surface area contributed by atoms with Crippen LogP contribution in [0.3, 0.4) is 0 Å². The second-order valence-corrected chi connectivity index (χ2v) is 4.03. The van der Waals surface area contributed by atoms with Crippen LogP contribution >= 0.6 is 0 Å². The summed E-state index contributed by atoms with van der Waals surface area (Å²) >= 11 is 0. The summed E-state index contributed by atoms with van der Waals surface area (Å²) in [4.78, 5) is 11.6. The molecule has 1 aliphatic carbocycles. The lowest BCUT2D eigenvalue weighted by molar-refractivity contribution is -0.126. The summed E-state index contributed by atoms with van der Waals surface area (Å²) in [5.41, 5.74) is 0. The van der Waals surface area contributed by atoms with Gasteiger partial charge in [0.15, 0.2) is 0 Å². The van der Waals surface area contributed by atoms with Gasteiger partial charge in [-0.1, -0.05) is 26.2 Å². The Morgan fingerprint density at radius 1 is 1.46 bits per heavy atom. The number of aliphatic hydroxyl groups is 1. The summed E-state index contributed by atoms with van der Waals surface area (Å²) in [6, 6.07) is 0. The Hall–Kier alpha value is -0.370. The molecule has 1 aliphatic rings. The summed E-state index contributed by atoms with van der Waals surface area (Å²) in [5, 5.41) is 9.75. The van der Waals surface area contributed by atoms with E-state index in [1.54, 1.807) is 0 Å². The topological polar surface area (TPSA) is 37.3 Å². The Morgan fingerprint density at radius 2 is 2.23 bits per heavy atom. The highest BCUT2D eigenvalue weighted by atomic mass is 16.3. The molecule has 1 N–H and O–H groups in total. The summed E-state index contributed by atoms with van der Waals surface area (Å²) in [6.07, 6.45) is 6.23. The van der Waals surface area contributed by atoms with Crippen molar-refractivity contribution in [3.63, 3.8) is 0 Å². The molecule has 0 aromatic heterocycles. The zero-order chi connectivity index (χ0) is 9.68. The monoisotopic (exact) mass is 184 g/mol. The van der Waals surface area contributed by atoms with Gasteiger partial charge in [0, 0.05) is 12.3 Å². The van der Waals surface area contributed by atoms with Gasteiger partial charge in [-0.3, -0.25) is 4.79 Å². The van der Waals surface area contributed by atoms with E-state index in [2.05, 4.69) is 0 Å². The van der Waals surface area contributed by atoms with E-state index in [4.69, 9.17) is 0 Å². The van der Waals surface area contributed by atoms with Gasteiger partial charge in [0.2, 0.25) is 0 Å².